The van der Waals surface area contributed by atoms with Crippen LogP contribution in [0.25, 0.3) is 0 Å². The third-order valence-electron chi connectivity index (χ3n) is 3.98. The van der Waals surface area contributed by atoms with Gasteiger partial charge in [-0.2, -0.15) is 5.10 Å². The van der Waals surface area contributed by atoms with Gasteiger partial charge in [0.05, 0.1) is 23.2 Å². The molecule has 0 N–H and O–H groups in total. The van der Waals surface area contributed by atoms with Gasteiger partial charge in [-0.15, -0.1) is 0 Å². The van der Waals surface area contributed by atoms with Crippen LogP contribution in [0.4, 0.5) is 5.69 Å². The lowest BCUT2D eigenvalue weighted by atomic mass is 10.2. The van der Waals surface area contributed by atoms with Gasteiger partial charge < -0.3 is 0 Å². The average Bonchev–Trinajstić information content (AvgIpc) is 2.92. The number of para-hydroxylation sites is 1. The first-order chi connectivity index (χ1) is 11.1. The largest absolute Gasteiger partial charge is 0.261 e. The van der Waals surface area contributed by atoms with Crippen molar-refractivity contribution in [2.24, 2.45) is 5.10 Å². The SMILES string of the molecule is O=S1(=O)CCCC1C=NN(Cc1ccccc1)c1ccccc1. The summed E-state index contributed by atoms with van der Waals surface area (Å²) in [5.74, 6) is 0.272. The zero-order valence-corrected chi connectivity index (χ0v) is 13.7. The van der Waals surface area contributed by atoms with E-state index >= 15 is 0 Å². The molecule has 1 unspecified atom stereocenters. The summed E-state index contributed by atoms with van der Waals surface area (Å²) < 4.78 is 23.9. The van der Waals surface area contributed by atoms with E-state index in [1.54, 1.807) is 6.21 Å². The first-order valence-corrected chi connectivity index (χ1v) is 9.49. The molecule has 0 aromatic heterocycles. The van der Waals surface area contributed by atoms with Crippen LogP contribution in [0, 0.1) is 0 Å². The summed E-state index contributed by atoms with van der Waals surface area (Å²) in [5, 5.41) is 5.89. The molecule has 0 spiro atoms. The Kier molecular flexibility index (Phi) is 4.76. The molecule has 1 atom stereocenters. The van der Waals surface area contributed by atoms with E-state index in [0.717, 1.165) is 17.7 Å². The number of sulfone groups is 1. The molecule has 0 aliphatic carbocycles. The van der Waals surface area contributed by atoms with Gasteiger partial charge in [0.15, 0.2) is 9.84 Å². The second kappa shape index (κ2) is 6.96. The van der Waals surface area contributed by atoms with E-state index in [0.29, 0.717) is 13.0 Å². The van der Waals surface area contributed by atoms with Crippen LogP contribution >= 0.6 is 0 Å². The van der Waals surface area contributed by atoms with Crippen molar-refractivity contribution in [3.05, 3.63) is 66.2 Å². The molecule has 1 heterocycles. The van der Waals surface area contributed by atoms with E-state index in [1.807, 2.05) is 65.7 Å². The Hall–Kier alpha value is -2.14. The Bertz CT molecular complexity index is 758. The number of rotatable bonds is 5. The fourth-order valence-electron chi connectivity index (χ4n) is 2.69. The normalized spacial score (nSPS) is 19.9. The zero-order chi connectivity index (χ0) is 16.1. The Morgan fingerprint density at radius 2 is 1.70 bits per heavy atom. The third kappa shape index (κ3) is 3.99. The van der Waals surface area contributed by atoms with Crippen LogP contribution in [-0.4, -0.2) is 25.6 Å². The monoisotopic (exact) mass is 328 g/mol. The van der Waals surface area contributed by atoms with Gasteiger partial charge in [-0.25, -0.2) is 8.42 Å². The van der Waals surface area contributed by atoms with Crippen molar-refractivity contribution in [3.63, 3.8) is 0 Å². The quantitative estimate of drug-likeness (QED) is 0.625. The van der Waals surface area contributed by atoms with Crippen LogP contribution in [0.5, 0.6) is 0 Å². The van der Waals surface area contributed by atoms with Crippen molar-refractivity contribution in [2.45, 2.75) is 24.6 Å². The molecule has 1 fully saturated rings. The number of hydrogen-bond acceptors (Lipinski definition) is 4. The van der Waals surface area contributed by atoms with Crippen LogP contribution in [0.3, 0.4) is 0 Å². The molecular weight excluding hydrogens is 308 g/mol. The molecule has 5 heteroatoms. The third-order valence-corrected chi connectivity index (χ3v) is 6.12. The topological polar surface area (TPSA) is 49.7 Å². The lowest BCUT2D eigenvalue weighted by Crippen LogP contribution is -2.22. The highest BCUT2D eigenvalue weighted by atomic mass is 32.2. The predicted molar refractivity (Wildman–Crippen MR) is 94.4 cm³/mol. The second-order valence-corrected chi connectivity index (χ2v) is 8.03. The lowest BCUT2D eigenvalue weighted by molar-refractivity contribution is 0.599. The Morgan fingerprint density at radius 3 is 2.30 bits per heavy atom. The predicted octanol–water partition coefficient (Wildman–Crippen LogP) is 3.26. The van der Waals surface area contributed by atoms with Crippen molar-refractivity contribution >= 4 is 21.7 Å². The van der Waals surface area contributed by atoms with E-state index in [9.17, 15) is 8.42 Å². The summed E-state index contributed by atoms with van der Waals surface area (Å²) in [7, 11) is -3.01. The highest BCUT2D eigenvalue weighted by molar-refractivity contribution is 7.92. The Labute approximate surface area is 137 Å². The highest BCUT2D eigenvalue weighted by Crippen LogP contribution is 2.21. The minimum atomic E-state index is -3.01. The van der Waals surface area contributed by atoms with Crippen LogP contribution in [0.1, 0.15) is 18.4 Å². The number of hydrogen-bond donors (Lipinski definition) is 0. The Morgan fingerprint density at radius 1 is 1.04 bits per heavy atom. The van der Waals surface area contributed by atoms with E-state index in [-0.39, 0.29) is 5.75 Å². The standard InChI is InChI=1S/C18H20N2O2S/c21-23(22)13-7-12-18(23)14-19-20(17-10-5-2-6-11-17)15-16-8-3-1-4-9-16/h1-6,8-11,14,18H,7,12-13,15H2. The van der Waals surface area contributed by atoms with E-state index < -0.39 is 15.1 Å². The van der Waals surface area contributed by atoms with Crippen LogP contribution < -0.4 is 5.01 Å². The van der Waals surface area contributed by atoms with Gasteiger partial charge in [0.25, 0.3) is 0 Å². The van der Waals surface area contributed by atoms with Crippen molar-refractivity contribution in [3.8, 4) is 0 Å². The fraction of sp³-hybridized carbons (Fsp3) is 0.278. The molecule has 120 valence electrons. The summed E-state index contributed by atoms with van der Waals surface area (Å²) in [6, 6.07) is 19.8. The number of nitrogens with zero attached hydrogens (tertiary/aromatic N) is 2. The molecule has 2 aromatic carbocycles. The summed E-state index contributed by atoms with van der Waals surface area (Å²) >= 11 is 0. The maximum atomic E-state index is 12.0. The van der Waals surface area contributed by atoms with Gasteiger partial charge in [0.2, 0.25) is 0 Å². The average molecular weight is 328 g/mol. The van der Waals surface area contributed by atoms with E-state index in [4.69, 9.17) is 0 Å². The number of anilines is 1. The first-order valence-electron chi connectivity index (χ1n) is 7.77. The van der Waals surface area contributed by atoms with E-state index in [2.05, 4.69) is 5.10 Å². The van der Waals surface area contributed by atoms with Gasteiger partial charge >= 0.3 is 0 Å². The lowest BCUT2D eigenvalue weighted by Gasteiger charge is -2.20. The summed E-state index contributed by atoms with van der Waals surface area (Å²) in [4.78, 5) is 0. The van der Waals surface area contributed by atoms with Gasteiger partial charge in [0, 0.05) is 6.21 Å². The molecule has 3 rings (SSSR count). The summed E-state index contributed by atoms with van der Waals surface area (Å²) in [6.07, 6.45) is 2.99. The van der Waals surface area contributed by atoms with Gasteiger partial charge in [-0.1, -0.05) is 48.5 Å². The molecule has 0 bridgehead atoms. The summed E-state index contributed by atoms with van der Waals surface area (Å²) in [6.45, 7) is 0.605. The molecule has 1 aliphatic heterocycles. The van der Waals surface area contributed by atoms with Gasteiger partial charge in [-0.3, -0.25) is 5.01 Å². The minimum absolute atomic E-state index is 0.272. The Balaban J connectivity index is 1.84. The molecule has 1 saturated heterocycles. The first kappa shape index (κ1) is 15.7. The molecule has 23 heavy (non-hydrogen) atoms. The van der Waals surface area contributed by atoms with Gasteiger partial charge in [-0.05, 0) is 30.5 Å². The highest BCUT2D eigenvalue weighted by Gasteiger charge is 2.29. The van der Waals surface area contributed by atoms with Crippen molar-refractivity contribution in [1.29, 1.82) is 0 Å². The molecular formula is C18H20N2O2S. The van der Waals surface area contributed by atoms with Crippen LogP contribution in [-0.2, 0) is 16.4 Å². The van der Waals surface area contributed by atoms with Crippen LogP contribution in [0.15, 0.2) is 65.8 Å². The molecule has 4 nitrogen and oxygen atoms in total. The minimum Gasteiger partial charge on any atom is -0.261 e. The number of hydrazone groups is 1. The summed E-state index contributed by atoms with van der Waals surface area (Å²) in [5.41, 5.74) is 2.07. The number of benzene rings is 2. The zero-order valence-electron chi connectivity index (χ0n) is 12.9. The van der Waals surface area contributed by atoms with Gasteiger partial charge in [0.1, 0.15) is 0 Å². The van der Waals surface area contributed by atoms with E-state index in [1.165, 1.54) is 0 Å². The maximum Gasteiger partial charge on any atom is 0.158 e. The smallest absolute Gasteiger partial charge is 0.158 e. The van der Waals surface area contributed by atoms with Crippen molar-refractivity contribution < 1.29 is 8.42 Å². The molecule has 0 amide bonds. The molecule has 2 aromatic rings. The maximum absolute atomic E-state index is 12.0. The second-order valence-electron chi connectivity index (χ2n) is 5.69. The van der Waals surface area contributed by atoms with Crippen molar-refractivity contribution in [2.75, 3.05) is 10.8 Å². The molecule has 0 radical (unpaired) electrons. The van der Waals surface area contributed by atoms with Crippen LogP contribution in [0.2, 0.25) is 0 Å². The fourth-order valence-corrected chi connectivity index (χ4v) is 4.33. The molecule has 0 saturated carbocycles. The van der Waals surface area contributed by atoms with Crippen molar-refractivity contribution in [1.82, 2.24) is 0 Å². The molecule has 1 aliphatic rings.